The molecule has 1 aliphatic heterocycles. The number of amides is 4. The number of piperazine rings is 1. The molecule has 3 aromatic carbocycles. The quantitative estimate of drug-likeness (QED) is 0.168. The molecule has 0 bridgehead atoms. The Morgan fingerprint density at radius 2 is 1.44 bits per heavy atom. The molecular weight excluding hydrogens is 697 g/mol. The molecule has 0 saturated carbocycles. The summed E-state index contributed by atoms with van der Waals surface area (Å²) in [5.74, 6) is -0.785. The first-order valence-corrected chi connectivity index (χ1v) is 18.6. The molecule has 0 spiro atoms. The summed E-state index contributed by atoms with van der Waals surface area (Å²) in [6.45, 7) is 16.7. The van der Waals surface area contributed by atoms with Gasteiger partial charge >= 0.3 is 6.09 Å². The van der Waals surface area contributed by atoms with Crippen molar-refractivity contribution in [3.63, 3.8) is 0 Å². The van der Waals surface area contributed by atoms with E-state index in [4.69, 9.17) is 4.74 Å². The molecule has 2 heterocycles. The number of hydrogen-bond acceptors (Lipinski definition) is 7. The molecule has 4 amide bonds. The Labute approximate surface area is 322 Å². The molecule has 1 aromatic heterocycles. The van der Waals surface area contributed by atoms with Gasteiger partial charge in [0.05, 0.1) is 11.3 Å². The first-order chi connectivity index (χ1) is 25.8. The Kier molecular flexibility index (Phi) is 11.9. The molecule has 1 aliphatic rings. The number of carbonyl (C=O) groups excluding carboxylic acids is 4. The second-order valence-electron chi connectivity index (χ2n) is 15.9. The number of nitrogens with one attached hydrogen (secondary N) is 3. The summed E-state index contributed by atoms with van der Waals surface area (Å²) in [6, 6.07) is 19.9. The number of anilines is 4. The second kappa shape index (κ2) is 16.2. The van der Waals surface area contributed by atoms with Crippen LogP contribution < -0.4 is 21.5 Å². The number of hydrogen-bond donors (Lipinski definition) is 3. The van der Waals surface area contributed by atoms with Crippen molar-refractivity contribution in [2.24, 2.45) is 7.05 Å². The molecule has 12 heteroatoms. The van der Waals surface area contributed by atoms with Crippen molar-refractivity contribution in [1.29, 1.82) is 0 Å². The number of aryl methyl sites for hydroxylation is 1. The molecule has 1 fully saturated rings. The summed E-state index contributed by atoms with van der Waals surface area (Å²) in [5, 5.41) is 9.09. The summed E-state index contributed by atoms with van der Waals surface area (Å²) in [7, 11) is 1.66. The van der Waals surface area contributed by atoms with Crippen LogP contribution in [-0.4, -0.2) is 70.0 Å². The first-order valence-electron chi connectivity index (χ1n) is 18.6. The number of nitrogens with zero attached hydrogens (tertiary/aromatic N) is 3. The van der Waals surface area contributed by atoms with Gasteiger partial charge in [-0.1, -0.05) is 52.0 Å². The van der Waals surface area contributed by atoms with Crippen LogP contribution in [0.1, 0.15) is 86.7 Å². The zero-order chi connectivity index (χ0) is 40.2. The van der Waals surface area contributed by atoms with Gasteiger partial charge in [-0.25, -0.2) is 4.79 Å². The molecule has 55 heavy (non-hydrogen) atoms. The van der Waals surface area contributed by atoms with E-state index >= 15 is 0 Å². The van der Waals surface area contributed by atoms with Gasteiger partial charge in [0.25, 0.3) is 17.4 Å². The summed E-state index contributed by atoms with van der Waals surface area (Å²) < 4.78 is 6.96. The van der Waals surface area contributed by atoms with Gasteiger partial charge in [0.1, 0.15) is 11.3 Å². The van der Waals surface area contributed by atoms with E-state index in [2.05, 4.69) is 36.7 Å². The van der Waals surface area contributed by atoms with Crippen LogP contribution in [0.2, 0.25) is 0 Å². The van der Waals surface area contributed by atoms with Crippen molar-refractivity contribution >= 4 is 46.6 Å². The minimum Gasteiger partial charge on any atom is -0.444 e. The standard InChI is InChI=1S/C43H52N6O6/c1-10-37(50)45-35-25-31(18-19-33(35)39(52)48-20-22-49(23-21-48)41(54)55-43(6,7)8)44-36-24-29(26-47(9)40(36)53)32-12-11-13-34(27(32)2)46-38(51)28-14-16-30(17-15-28)42(3,4)5/h11-19,24-26,44H,10,20-23H2,1-9H3,(H,45,50)(H,46,51). The van der Waals surface area contributed by atoms with Crippen LogP contribution in [0.4, 0.5) is 27.5 Å². The van der Waals surface area contributed by atoms with E-state index < -0.39 is 11.7 Å². The van der Waals surface area contributed by atoms with E-state index in [1.54, 1.807) is 75.0 Å². The maximum absolute atomic E-state index is 13.8. The maximum Gasteiger partial charge on any atom is 0.410 e. The molecule has 5 rings (SSSR count). The minimum atomic E-state index is -0.624. The highest BCUT2D eigenvalue weighted by Gasteiger charge is 2.29. The highest BCUT2D eigenvalue weighted by atomic mass is 16.6. The number of aromatic nitrogens is 1. The van der Waals surface area contributed by atoms with Crippen LogP contribution in [0.15, 0.2) is 77.7 Å². The molecular formula is C43H52N6O6. The van der Waals surface area contributed by atoms with Crippen molar-refractivity contribution in [2.45, 2.75) is 72.8 Å². The van der Waals surface area contributed by atoms with Crippen LogP contribution >= 0.6 is 0 Å². The number of carbonyl (C=O) groups is 4. The van der Waals surface area contributed by atoms with Gasteiger partial charge in [-0.3, -0.25) is 19.2 Å². The average molecular weight is 749 g/mol. The van der Waals surface area contributed by atoms with Gasteiger partial charge in [0, 0.05) is 68.3 Å². The Balaban J connectivity index is 1.37. The minimum absolute atomic E-state index is 0.0255. The van der Waals surface area contributed by atoms with Gasteiger partial charge in [-0.2, -0.15) is 0 Å². The van der Waals surface area contributed by atoms with E-state index in [1.165, 1.54) is 4.57 Å². The smallest absolute Gasteiger partial charge is 0.410 e. The van der Waals surface area contributed by atoms with E-state index in [0.717, 1.165) is 22.3 Å². The topological polar surface area (TPSA) is 142 Å². The molecule has 0 aliphatic carbocycles. The molecule has 0 atom stereocenters. The van der Waals surface area contributed by atoms with E-state index in [9.17, 15) is 24.0 Å². The lowest BCUT2D eigenvalue weighted by atomic mass is 9.86. The predicted octanol–water partition coefficient (Wildman–Crippen LogP) is 7.70. The first kappa shape index (κ1) is 40.3. The molecule has 0 radical (unpaired) electrons. The Morgan fingerprint density at radius 1 is 0.782 bits per heavy atom. The second-order valence-corrected chi connectivity index (χ2v) is 15.9. The van der Waals surface area contributed by atoms with Gasteiger partial charge < -0.3 is 35.1 Å². The van der Waals surface area contributed by atoms with Gasteiger partial charge in [-0.15, -0.1) is 0 Å². The van der Waals surface area contributed by atoms with Crippen LogP contribution in [0, 0.1) is 6.92 Å². The van der Waals surface area contributed by atoms with Gasteiger partial charge in [0.15, 0.2) is 0 Å². The van der Waals surface area contributed by atoms with Crippen molar-refractivity contribution in [3.05, 3.63) is 106 Å². The Morgan fingerprint density at radius 3 is 2.05 bits per heavy atom. The molecule has 1 saturated heterocycles. The lowest BCUT2D eigenvalue weighted by Gasteiger charge is -2.35. The number of rotatable bonds is 8. The van der Waals surface area contributed by atoms with Gasteiger partial charge in [-0.05, 0) is 92.3 Å². The number of pyridine rings is 1. The SMILES string of the molecule is CCC(=O)Nc1cc(Nc2cc(-c3cccc(NC(=O)c4ccc(C(C)(C)C)cc4)c3C)cn(C)c2=O)ccc1C(=O)N1CCN(C(=O)OC(C)(C)C)CC1. The summed E-state index contributed by atoms with van der Waals surface area (Å²) >= 11 is 0. The largest absolute Gasteiger partial charge is 0.444 e. The highest BCUT2D eigenvalue weighted by Crippen LogP contribution is 2.32. The summed E-state index contributed by atoms with van der Waals surface area (Å²) in [4.78, 5) is 68.8. The third kappa shape index (κ3) is 9.80. The highest BCUT2D eigenvalue weighted by molar-refractivity contribution is 6.06. The van der Waals surface area contributed by atoms with Crippen molar-refractivity contribution in [3.8, 4) is 11.1 Å². The van der Waals surface area contributed by atoms with Crippen molar-refractivity contribution in [1.82, 2.24) is 14.4 Å². The molecule has 0 unspecified atom stereocenters. The lowest BCUT2D eigenvalue weighted by Crippen LogP contribution is -2.51. The Bertz CT molecular complexity index is 2150. The molecule has 3 N–H and O–H groups in total. The number of ether oxygens (including phenoxy) is 1. The zero-order valence-electron chi connectivity index (χ0n) is 33.3. The third-order valence-electron chi connectivity index (χ3n) is 9.43. The predicted molar refractivity (Wildman–Crippen MR) is 217 cm³/mol. The van der Waals surface area contributed by atoms with E-state index in [-0.39, 0.29) is 40.8 Å². The van der Waals surface area contributed by atoms with Crippen LogP contribution in [0.25, 0.3) is 11.1 Å². The fourth-order valence-corrected chi connectivity index (χ4v) is 6.24. The van der Waals surface area contributed by atoms with Crippen molar-refractivity contribution < 1.29 is 23.9 Å². The zero-order valence-corrected chi connectivity index (χ0v) is 33.3. The van der Waals surface area contributed by atoms with Crippen molar-refractivity contribution in [2.75, 3.05) is 42.1 Å². The monoisotopic (exact) mass is 748 g/mol. The fourth-order valence-electron chi connectivity index (χ4n) is 6.24. The molecule has 290 valence electrons. The lowest BCUT2D eigenvalue weighted by molar-refractivity contribution is -0.115. The summed E-state index contributed by atoms with van der Waals surface area (Å²) in [6.07, 6.45) is 1.52. The maximum atomic E-state index is 13.8. The summed E-state index contributed by atoms with van der Waals surface area (Å²) in [5.41, 5.74) is 5.15. The van der Waals surface area contributed by atoms with Crippen LogP contribution in [0.5, 0.6) is 0 Å². The number of benzene rings is 3. The molecule has 12 nitrogen and oxygen atoms in total. The Hall–Kier alpha value is -5.91. The normalized spacial score (nSPS) is 13.3. The van der Waals surface area contributed by atoms with Crippen LogP contribution in [-0.2, 0) is 22.0 Å². The fraction of sp³-hybridized carbons (Fsp3) is 0.372. The molecule has 4 aromatic rings. The average Bonchev–Trinajstić information content (AvgIpc) is 3.13. The van der Waals surface area contributed by atoms with Gasteiger partial charge in [0.2, 0.25) is 5.91 Å². The van der Waals surface area contributed by atoms with E-state index in [0.29, 0.717) is 54.4 Å². The third-order valence-corrected chi connectivity index (χ3v) is 9.43. The van der Waals surface area contributed by atoms with E-state index in [1.807, 2.05) is 49.4 Å². The van der Waals surface area contributed by atoms with Crippen LogP contribution in [0.3, 0.4) is 0 Å².